The van der Waals surface area contributed by atoms with Gasteiger partial charge in [-0.25, -0.2) is 8.78 Å². The molecule has 0 radical (unpaired) electrons. The molecule has 2 aliphatic rings. The van der Waals surface area contributed by atoms with Gasteiger partial charge in [-0.15, -0.1) is 0 Å². The van der Waals surface area contributed by atoms with E-state index in [0.29, 0.717) is 29.8 Å². The smallest absolute Gasteiger partial charge is 0.188 e. The molecule has 0 spiro atoms. The Morgan fingerprint density at radius 3 is 2.30 bits per heavy atom. The Kier molecular flexibility index (Phi) is 5.85. The minimum Gasteiger partial charge on any atom is -0.297 e. The van der Waals surface area contributed by atoms with Crippen LogP contribution in [0.1, 0.15) is 39.5 Å². The molecule has 5 heteroatoms. The molecule has 1 aliphatic carbocycles. The molecule has 3 nitrogen and oxygen atoms in total. The maximum Gasteiger partial charge on any atom is 0.188 e. The first-order valence-electron chi connectivity index (χ1n) is 11.7. The fourth-order valence-corrected chi connectivity index (χ4v) is 5.51. The van der Waals surface area contributed by atoms with E-state index in [1.54, 1.807) is 24.3 Å². The molecule has 0 amide bonds. The zero-order chi connectivity index (χ0) is 23.0. The number of nitrogens with zero attached hydrogens (tertiary/aromatic N) is 2. The monoisotopic (exact) mass is 446 g/mol. The van der Waals surface area contributed by atoms with Crippen molar-refractivity contribution in [2.45, 2.75) is 31.8 Å². The normalized spacial score (nSPS) is 21.4. The van der Waals surface area contributed by atoms with Crippen LogP contribution in [0, 0.1) is 11.6 Å². The van der Waals surface area contributed by atoms with Crippen molar-refractivity contribution in [3.63, 3.8) is 0 Å². The summed E-state index contributed by atoms with van der Waals surface area (Å²) in [4.78, 5) is 18.3. The Morgan fingerprint density at radius 2 is 1.61 bits per heavy atom. The highest BCUT2D eigenvalue weighted by Crippen LogP contribution is 2.44. The summed E-state index contributed by atoms with van der Waals surface area (Å²) in [6.07, 6.45) is 1.23. The third-order valence-electron chi connectivity index (χ3n) is 7.28. The summed E-state index contributed by atoms with van der Waals surface area (Å²) in [5.41, 5.74) is 3.07. The maximum atomic E-state index is 14.7. The Morgan fingerprint density at radius 1 is 0.879 bits per heavy atom. The van der Waals surface area contributed by atoms with Crippen molar-refractivity contribution in [2.75, 3.05) is 26.2 Å². The zero-order valence-electron chi connectivity index (χ0n) is 18.9. The van der Waals surface area contributed by atoms with Gasteiger partial charge in [-0.1, -0.05) is 55.5 Å². The van der Waals surface area contributed by atoms with Crippen molar-refractivity contribution < 1.29 is 13.6 Å². The number of halogens is 2. The van der Waals surface area contributed by atoms with Gasteiger partial charge >= 0.3 is 0 Å². The fourth-order valence-electron chi connectivity index (χ4n) is 5.51. The molecule has 1 unspecified atom stereocenters. The molecule has 0 aromatic heterocycles. The second kappa shape index (κ2) is 8.81. The molecule has 3 aromatic carbocycles. The van der Waals surface area contributed by atoms with Crippen LogP contribution in [0.15, 0.2) is 66.7 Å². The molecule has 3 aromatic rings. The van der Waals surface area contributed by atoms with E-state index in [1.165, 1.54) is 29.3 Å². The second-order valence-electron chi connectivity index (χ2n) is 9.03. The highest BCUT2D eigenvalue weighted by molar-refractivity contribution is 6.08. The van der Waals surface area contributed by atoms with Gasteiger partial charge in [0, 0.05) is 50.3 Å². The number of ketones is 1. The Hall–Kier alpha value is -2.89. The maximum absolute atomic E-state index is 14.7. The Balaban J connectivity index is 1.44. The lowest BCUT2D eigenvalue weighted by molar-refractivity contribution is 0.0285. The van der Waals surface area contributed by atoms with Gasteiger partial charge in [-0.05, 0) is 41.3 Å². The summed E-state index contributed by atoms with van der Waals surface area (Å²) in [6, 6.07) is 19.4. The molecule has 5 rings (SSSR count). The van der Waals surface area contributed by atoms with Gasteiger partial charge in [0.05, 0.1) is 0 Å². The number of carbonyl (C=O) groups excluding carboxylic acids is 1. The summed E-state index contributed by atoms with van der Waals surface area (Å²) >= 11 is 0. The average Bonchev–Trinajstić information content (AvgIpc) is 3.15. The highest BCUT2D eigenvalue weighted by Gasteiger charge is 2.52. The molecule has 0 N–H and O–H groups in total. The summed E-state index contributed by atoms with van der Waals surface area (Å²) < 4.78 is 28.9. The molecule has 170 valence electrons. The predicted octanol–water partition coefficient (Wildman–Crippen LogP) is 4.98. The van der Waals surface area contributed by atoms with Gasteiger partial charge in [0.25, 0.3) is 0 Å². The molecule has 1 heterocycles. The molecule has 1 saturated heterocycles. The molecule has 0 saturated carbocycles. The number of rotatable bonds is 5. The minimum absolute atomic E-state index is 0.132. The van der Waals surface area contributed by atoms with Crippen LogP contribution >= 0.6 is 0 Å². The van der Waals surface area contributed by atoms with Crippen LogP contribution in [0.5, 0.6) is 0 Å². The topological polar surface area (TPSA) is 23.6 Å². The SMILES string of the molecule is CCc1ccccc1CN1CCN(C2(c3cccc(F)c3)Cc3c(F)cccc3C2=O)CC1. The molecule has 1 fully saturated rings. The largest absolute Gasteiger partial charge is 0.297 e. The lowest BCUT2D eigenvalue weighted by Crippen LogP contribution is -2.58. The molecule has 0 bridgehead atoms. The van der Waals surface area contributed by atoms with Crippen molar-refractivity contribution in [1.29, 1.82) is 0 Å². The van der Waals surface area contributed by atoms with Gasteiger partial charge in [0.1, 0.15) is 17.2 Å². The molecule has 1 atom stereocenters. The van der Waals surface area contributed by atoms with Crippen LogP contribution in [0.2, 0.25) is 0 Å². The summed E-state index contributed by atoms with van der Waals surface area (Å²) in [5.74, 6) is -0.882. The van der Waals surface area contributed by atoms with Gasteiger partial charge in [-0.2, -0.15) is 0 Å². The molecular weight excluding hydrogens is 418 g/mol. The van der Waals surface area contributed by atoms with Crippen LogP contribution in [-0.4, -0.2) is 41.8 Å². The quantitative estimate of drug-likeness (QED) is 0.552. The molecular formula is C28H28F2N2O. The van der Waals surface area contributed by atoms with Crippen LogP contribution in [0.25, 0.3) is 0 Å². The predicted molar refractivity (Wildman–Crippen MR) is 125 cm³/mol. The van der Waals surface area contributed by atoms with Gasteiger partial charge < -0.3 is 0 Å². The summed E-state index contributed by atoms with van der Waals surface area (Å²) in [5, 5.41) is 0. The van der Waals surface area contributed by atoms with Gasteiger partial charge in [0.2, 0.25) is 0 Å². The number of fused-ring (bicyclic) bond motifs is 1. The number of hydrogen-bond acceptors (Lipinski definition) is 3. The highest BCUT2D eigenvalue weighted by atomic mass is 19.1. The van der Waals surface area contributed by atoms with E-state index in [9.17, 15) is 13.6 Å². The minimum atomic E-state index is -1.07. The number of carbonyl (C=O) groups is 1. The Bertz CT molecular complexity index is 1190. The first-order chi connectivity index (χ1) is 16.0. The third kappa shape index (κ3) is 3.79. The van der Waals surface area contributed by atoms with E-state index in [-0.39, 0.29) is 23.8 Å². The van der Waals surface area contributed by atoms with E-state index >= 15 is 0 Å². The fraction of sp³-hybridized carbons (Fsp3) is 0.321. The molecule has 33 heavy (non-hydrogen) atoms. The van der Waals surface area contributed by atoms with E-state index in [4.69, 9.17) is 0 Å². The third-order valence-corrected chi connectivity index (χ3v) is 7.28. The van der Waals surface area contributed by atoms with Gasteiger partial charge in [-0.3, -0.25) is 14.6 Å². The number of benzene rings is 3. The van der Waals surface area contributed by atoms with Crippen molar-refractivity contribution in [3.8, 4) is 0 Å². The van der Waals surface area contributed by atoms with Crippen molar-refractivity contribution in [2.24, 2.45) is 0 Å². The van der Waals surface area contributed by atoms with E-state index < -0.39 is 5.54 Å². The van der Waals surface area contributed by atoms with E-state index in [1.807, 2.05) is 0 Å². The van der Waals surface area contributed by atoms with Crippen LogP contribution < -0.4 is 0 Å². The lowest BCUT2D eigenvalue weighted by atomic mass is 9.83. The average molecular weight is 447 g/mol. The first-order valence-corrected chi connectivity index (χ1v) is 11.7. The van der Waals surface area contributed by atoms with Crippen molar-refractivity contribution >= 4 is 5.78 Å². The van der Waals surface area contributed by atoms with E-state index in [2.05, 4.69) is 41.0 Å². The first kappa shape index (κ1) is 21.9. The van der Waals surface area contributed by atoms with Crippen molar-refractivity contribution in [3.05, 3.63) is 106 Å². The number of piperazine rings is 1. The van der Waals surface area contributed by atoms with Crippen LogP contribution in [0.4, 0.5) is 8.78 Å². The van der Waals surface area contributed by atoms with Crippen molar-refractivity contribution in [1.82, 2.24) is 9.80 Å². The number of hydrogen-bond donors (Lipinski definition) is 0. The zero-order valence-corrected chi connectivity index (χ0v) is 18.9. The molecule has 1 aliphatic heterocycles. The number of Topliss-reactive ketones (excluding diaryl/α,β-unsaturated/α-hetero) is 1. The van der Waals surface area contributed by atoms with Crippen LogP contribution in [-0.2, 0) is 24.9 Å². The second-order valence-corrected chi connectivity index (χ2v) is 9.03. The summed E-state index contributed by atoms with van der Waals surface area (Å²) in [7, 11) is 0. The summed E-state index contributed by atoms with van der Waals surface area (Å²) in [6.45, 7) is 5.94. The number of aryl methyl sites for hydroxylation is 1. The standard InChI is InChI=1S/C28H28F2N2O/c1-2-20-7-3-4-8-21(20)19-31-13-15-32(16-14-31)28(22-9-5-10-23(29)17-22)18-25-24(27(28)33)11-6-12-26(25)30/h3-12,17H,2,13-16,18-19H2,1H3. The van der Waals surface area contributed by atoms with E-state index in [0.717, 1.165) is 26.1 Å². The van der Waals surface area contributed by atoms with Gasteiger partial charge in [0.15, 0.2) is 5.78 Å². The van der Waals surface area contributed by atoms with Crippen LogP contribution in [0.3, 0.4) is 0 Å². The Labute approximate surface area is 193 Å². The lowest BCUT2D eigenvalue weighted by Gasteiger charge is -2.45.